The Morgan fingerprint density at radius 1 is 1.12 bits per heavy atom. The highest BCUT2D eigenvalue weighted by Crippen LogP contribution is 2.25. The van der Waals surface area contributed by atoms with E-state index in [0.29, 0.717) is 6.10 Å². The molecule has 1 fully saturated rings. The first kappa shape index (κ1) is 11.1. The van der Waals surface area contributed by atoms with Crippen LogP contribution in [0.15, 0.2) is 40.9 Å². The summed E-state index contributed by atoms with van der Waals surface area (Å²) in [6.07, 6.45) is 1.42. The van der Waals surface area contributed by atoms with E-state index in [4.69, 9.17) is 4.74 Å². The van der Waals surface area contributed by atoms with E-state index in [1.165, 1.54) is 10.8 Å². The zero-order valence-corrected chi connectivity index (χ0v) is 11.0. The molecule has 1 saturated heterocycles. The Bertz CT molecular complexity index is 535. The van der Waals surface area contributed by atoms with Crippen molar-refractivity contribution in [3.8, 4) is 5.75 Å². The highest BCUT2D eigenvalue weighted by Gasteiger charge is 2.15. The molecule has 2 nitrogen and oxygen atoms in total. The van der Waals surface area contributed by atoms with Crippen LogP contribution in [-0.4, -0.2) is 19.2 Å². The maximum atomic E-state index is 5.94. The van der Waals surface area contributed by atoms with Crippen LogP contribution in [0.4, 0.5) is 0 Å². The van der Waals surface area contributed by atoms with Gasteiger partial charge in [-0.25, -0.2) is 0 Å². The highest BCUT2D eigenvalue weighted by molar-refractivity contribution is 9.10. The van der Waals surface area contributed by atoms with Gasteiger partial charge in [0.1, 0.15) is 11.9 Å². The first-order valence-electron chi connectivity index (χ1n) is 5.88. The van der Waals surface area contributed by atoms with Crippen LogP contribution in [0.25, 0.3) is 10.8 Å². The lowest BCUT2D eigenvalue weighted by atomic mass is 10.1. The topological polar surface area (TPSA) is 21.3 Å². The molecule has 0 bridgehead atoms. The Morgan fingerprint density at radius 3 is 2.76 bits per heavy atom. The van der Waals surface area contributed by atoms with E-state index in [1.54, 1.807) is 0 Å². The first-order chi connectivity index (χ1) is 8.31. The van der Waals surface area contributed by atoms with Crippen LogP contribution in [0, 0.1) is 0 Å². The molecule has 1 atom stereocenters. The second-order valence-electron chi connectivity index (χ2n) is 4.39. The predicted octanol–water partition coefficient (Wildman–Crippen LogP) is 3.34. The van der Waals surface area contributed by atoms with Crippen molar-refractivity contribution in [3.63, 3.8) is 0 Å². The molecular formula is C14H14BrNO. The fourth-order valence-corrected chi connectivity index (χ4v) is 2.57. The molecule has 0 aliphatic carbocycles. The number of rotatable bonds is 2. The van der Waals surface area contributed by atoms with Gasteiger partial charge in [0.15, 0.2) is 0 Å². The molecule has 0 radical (unpaired) electrons. The summed E-state index contributed by atoms with van der Waals surface area (Å²) in [5.41, 5.74) is 0. The van der Waals surface area contributed by atoms with Crippen molar-refractivity contribution in [2.24, 2.45) is 0 Å². The maximum Gasteiger partial charge on any atom is 0.120 e. The Labute approximate surface area is 109 Å². The minimum absolute atomic E-state index is 0.322. The summed E-state index contributed by atoms with van der Waals surface area (Å²) >= 11 is 3.48. The molecule has 0 spiro atoms. The number of nitrogens with one attached hydrogen (secondary N) is 1. The summed E-state index contributed by atoms with van der Waals surface area (Å²) in [7, 11) is 0. The molecule has 0 unspecified atom stereocenters. The lowest BCUT2D eigenvalue weighted by molar-refractivity contribution is 0.223. The quantitative estimate of drug-likeness (QED) is 0.916. The molecule has 3 rings (SSSR count). The van der Waals surface area contributed by atoms with E-state index in [2.05, 4.69) is 51.6 Å². The summed E-state index contributed by atoms with van der Waals surface area (Å²) in [5.74, 6) is 0.966. The average Bonchev–Trinajstić information content (AvgIpc) is 2.82. The van der Waals surface area contributed by atoms with Gasteiger partial charge in [0.2, 0.25) is 0 Å². The van der Waals surface area contributed by atoms with E-state index in [9.17, 15) is 0 Å². The third-order valence-electron chi connectivity index (χ3n) is 3.09. The molecule has 2 aromatic carbocycles. The number of halogens is 1. The Kier molecular flexibility index (Phi) is 3.04. The van der Waals surface area contributed by atoms with Crippen LogP contribution in [0.1, 0.15) is 6.42 Å². The van der Waals surface area contributed by atoms with Crippen LogP contribution in [0.3, 0.4) is 0 Å². The van der Waals surface area contributed by atoms with Crippen molar-refractivity contribution in [2.75, 3.05) is 13.1 Å². The molecule has 1 heterocycles. The third-order valence-corrected chi connectivity index (χ3v) is 3.58. The van der Waals surface area contributed by atoms with E-state index in [1.807, 2.05) is 6.07 Å². The van der Waals surface area contributed by atoms with Gasteiger partial charge in [-0.1, -0.05) is 28.1 Å². The smallest absolute Gasteiger partial charge is 0.120 e. The molecule has 2 aromatic rings. The summed E-state index contributed by atoms with van der Waals surface area (Å²) in [5, 5.41) is 5.76. The van der Waals surface area contributed by atoms with Crippen molar-refractivity contribution in [2.45, 2.75) is 12.5 Å². The van der Waals surface area contributed by atoms with Crippen molar-refractivity contribution in [1.82, 2.24) is 5.32 Å². The Hall–Kier alpha value is -1.06. The van der Waals surface area contributed by atoms with Gasteiger partial charge in [-0.2, -0.15) is 0 Å². The van der Waals surface area contributed by atoms with Gasteiger partial charge >= 0.3 is 0 Å². The van der Waals surface area contributed by atoms with Gasteiger partial charge in [0.05, 0.1) is 0 Å². The van der Waals surface area contributed by atoms with Crippen LogP contribution in [0.5, 0.6) is 5.75 Å². The van der Waals surface area contributed by atoms with E-state index in [-0.39, 0.29) is 0 Å². The minimum Gasteiger partial charge on any atom is -0.489 e. The number of benzene rings is 2. The number of hydrogen-bond donors (Lipinski definition) is 1. The summed E-state index contributed by atoms with van der Waals surface area (Å²) in [4.78, 5) is 0. The highest BCUT2D eigenvalue weighted by atomic mass is 79.9. The summed E-state index contributed by atoms with van der Waals surface area (Å²) in [6.45, 7) is 2.02. The zero-order valence-electron chi connectivity index (χ0n) is 9.45. The number of fused-ring (bicyclic) bond motifs is 1. The minimum atomic E-state index is 0.322. The molecule has 3 heteroatoms. The van der Waals surface area contributed by atoms with Crippen LogP contribution in [0.2, 0.25) is 0 Å². The van der Waals surface area contributed by atoms with Crippen molar-refractivity contribution in [3.05, 3.63) is 40.9 Å². The van der Waals surface area contributed by atoms with Crippen LogP contribution >= 0.6 is 15.9 Å². The van der Waals surface area contributed by atoms with E-state index < -0.39 is 0 Å². The van der Waals surface area contributed by atoms with Crippen molar-refractivity contribution in [1.29, 1.82) is 0 Å². The first-order valence-corrected chi connectivity index (χ1v) is 6.67. The standard InChI is InChI=1S/C14H14BrNO/c15-12-3-1-11-8-13(4-2-10(11)7-12)17-14-5-6-16-9-14/h1-4,7-8,14,16H,5-6,9H2/t14-/m1/s1. The van der Waals surface area contributed by atoms with Gasteiger partial charge in [-0.15, -0.1) is 0 Å². The molecule has 0 saturated carbocycles. The van der Waals surface area contributed by atoms with Crippen LogP contribution in [-0.2, 0) is 0 Å². The SMILES string of the molecule is Brc1ccc2cc(O[C@@H]3CCNC3)ccc2c1. The Morgan fingerprint density at radius 2 is 1.94 bits per heavy atom. The van der Waals surface area contributed by atoms with Gasteiger partial charge in [-0.05, 0) is 48.0 Å². The normalized spacial score (nSPS) is 19.7. The van der Waals surface area contributed by atoms with E-state index >= 15 is 0 Å². The number of ether oxygens (including phenoxy) is 1. The van der Waals surface area contributed by atoms with Gasteiger partial charge < -0.3 is 10.1 Å². The second kappa shape index (κ2) is 4.67. The maximum absolute atomic E-state index is 5.94. The van der Waals surface area contributed by atoms with Gasteiger partial charge in [0.25, 0.3) is 0 Å². The average molecular weight is 292 g/mol. The summed E-state index contributed by atoms with van der Waals surface area (Å²) < 4.78 is 7.05. The Balaban J connectivity index is 1.88. The predicted molar refractivity (Wildman–Crippen MR) is 73.6 cm³/mol. The monoisotopic (exact) mass is 291 g/mol. The fourth-order valence-electron chi connectivity index (χ4n) is 2.19. The molecule has 0 amide bonds. The number of hydrogen-bond acceptors (Lipinski definition) is 2. The van der Waals surface area contributed by atoms with Crippen LogP contribution < -0.4 is 10.1 Å². The van der Waals surface area contributed by atoms with E-state index in [0.717, 1.165) is 29.7 Å². The molecule has 1 aliphatic rings. The molecule has 0 aromatic heterocycles. The third kappa shape index (κ3) is 2.45. The zero-order chi connectivity index (χ0) is 11.7. The van der Waals surface area contributed by atoms with Crippen molar-refractivity contribution >= 4 is 26.7 Å². The van der Waals surface area contributed by atoms with Gasteiger partial charge in [0, 0.05) is 11.0 Å². The molecular weight excluding hydrogens is 278 g/mol. The molecule has 1 N–H and O–H groups in total. The molecule has 88 valence electrons. The van der Waals surface area contributed by atoms with Gasteiger partial charge in [-0.3, -0.25) is 0 Å². The summed E-state index contributed by atoms with van der Waals surface area (Å²) in [6, 6.07) is 12.6. The fraction of sp³-hybridized carbons (Fsp3) is 0.286. The molecule has 1 aliphatic heterocycles. The largest absolute Gasteiger partial charge is 0.489 e. The lowest BCUT2D eigenvalue weighted by Gasteiger charge is -2.13. The second-order valence-corrected chi connectivity index (χ2v) is 5.30. The lowest BCUT2D eigenvalue weighted by Crippen LogP contribution is -2.19. The van der Waals surface area contributed by atoms with Crippen molar-refractivity contribution < 1.29 is 4.74 Å². The molecule has 17 heavy (non-hydrogen) atoms.